The SMILES string of the molecule is CC[C@@H](CO)Nc1ccc2cc(C#N)ccc2n1. The van der Waals surface area contributed by atoms with E-state index in [0.29, 0.717) is 5.56 Å². The summed E-state index contributed by atoms with van der Waals surface area (Å²) >= 11 is 0. The average Bonchev–Trinajstić information content (AvgIpc) is 2.44. The lowest BCUT2D eigenvalue weighted by atomic mass is 10.1. The van der Waals surface area contributed by atoms with Crippen molar-refractivity contribution in [1.29, 1.82) is 5.26 Å². The third-order valence-corrected chi connectivity index (χ3v) is 2.88. The van der Waals surface area contributed by atoms with Gasteiger partial charge in [0.05, 0.1) is 29.8 Å². The smallest absolute Gasteiger partial charge is 0.126 e. The summed E-state index contributed by atoms with van der Waals surface area (Å²) < 4.78 is 0. The molecule has 18 heavy (non-hydrogen) atoms. The van der Waals surface area contributed by atoms with Crippen molar-refractivity contribution < 1.29 is 5.11 Å². The zero-order valence-electron chi connectivity index (χ0n) is 10.2. The van der Waals surface area contributed by atoms with Gasteiger partial charge in [0, 0.05) is 5.39 Å². The lowest BCUT2D eigenvalue weighted by Crippen LogP contribution is -2.23. The number of rotatable bonds is 4. The molecule has 0 spiro atoms. The molecule has 1 aromatic heterocycles. The summed E-state index contributed by atoms with van der Waals surface area (Å²) in [4.78, 5) is 4.45. The Balaban J connectivity index is 2.31. The third kappa shape index (κ3) is 2.58. The second-order valence-electron chi connectivity index (χ2n) is 4.15. The van der Waals surface area contributed by atoms with Crippen LogP contribution in [0.4, 0.5) is 5.82 Å². The summed E-state index contributed by atoms with van der Waals surface area (Å²) in [5.74, 6) is 0.744. The molecule has 1 atom stereocenters. The van der Waals surface area contributed by atoms with Crippen molar-refractivity contribution in [3.63, 3.8) is 0 Å². The maximum Gasteiger partial charge on any atom is 0.126 e. The Hall–Kier alpha value is -2.12. The molecule has 2 N–H and O–H groups in total. The van der Waals surface area contributed by atoms with Gasteiger partial charge in [-0.3, -0.25) is 0 Å². The molecule has 0 fully saturated rings. The fraction of sp³-hybridized carbons (Fsp3) is 0.286. The predicted octanol–water partition coefficient (Wildman–Crippen LogP) is 2.29. The van der Waals surface area contributed by atoms with E-state index >= 15 is 0 Å². The first-order chi connectivity index (χ1) is 8.76. The Labute approximate surface area is 106 Å². The van der Waals surface area contributed by atoms with Gasteiger partial charge < -0.3 is 10.4 Å². The Morgan fingerprint density at radius 2 is 2.22 bits per heavy atom. The van der Waals surface area contributed by atoms with Gasteiger partial charge in [-0.05, 0) is 36.8 Å². The van der Waals surface area contributed by atoms with Crippen LogP contribution in [-0.2, 0) is 0 Å². The summed E-state index contributed by atoms with van der Waals surface area (Å²) in [6, 6.07) is 11.3. The molecule has 1 heterocycles. The van der Waals surface area contributed by atoms with E-state index < -0.39 is 0 Å². The van der Waals surface area contributed by atoms with Gasteiger partial charge in [0.2, 0.25) is 0 Å². The van der Waals surface area contributed by atoms with E-state index in [4.69, 9.17) is 10.4 Å². The highest BCUT2D eigenvalue weighted by Crippen LogP contribution is 2.17. The topological polar surface area (TPSA) is 68.9 Å². The molecule has 0 aliphatic carbocycles. The van der Waals surface area contributed by atoms with Crippen LogP contribution < -0.4 is 5.32 Å². The summed E-state index contributed by atoms with van der Waals surface area (Å²) in [7, 11) is 0. The number of nitrogens with one attached hydrogen (secondary N) is 1. The fourth-order valence-corrected chi connectivity index (χ4v) is 1.76. The molecule has 0 saturated heterocycles. The van der Waals surface area contributed by atoms with Gasteiger partial charge >= 0.3 is 0 Å². The number of anilines is 1. The van der Waals surface area contributed by atoms with Crippen molar-refractivity contribution in [3.05, 3.63) is 35.9 Å². The number of aromatic nitrogens is 1. The highest BCUT2D eigenvalue weighted by molar-refractivity contribution is 5.81. The van der Waals surface area contributed by atoms with Crippen LogP contribution in [-0.4, -0.2) is 22.7 Å². The molecule has 1 aromatic carbocycles. The number of nitrogens with zero attached hydrogens (tertiary/aromatic N) is 2. The molecule has 0 unspecified atom stereocenters. The maximum atomic E-state index is 9.14. The molecular weight excluding hydrogens is 226 g/mol. The van der Waals surface area contributed by atoms with Crippen LogP contribution in [0.15, 0.2) is 30.3 Å². The third-order valence-electron chi connectivity index (χ3n) is 2.88. The quantitative estimate of drug-likeness (QED) is 0.861. The molecule has 4 heteroatoms. The molecule has 0 bridgehead atoms. The molecular formula is C14H15N3O. The lowest BCUT2D eigenvalue weighted by Gasteiger charge is -2.14. The minimum absolute atomic E-state index is 0.0216. The predicted molar refractivity (Wildman–Crippen MR) is 71.2 cm³/mol. The first-order valence-electron chi connectivity index (χ1n) is 5.95. The number of aliphatic hydroxyl groups excluding tert-OH is 1. The van der Waals surface area contributed by atoms with E-state index in [9.17, 15) is 0 Å². The minimum Gasteiger partial charge on any atom is -0.394 e. The molecule has 2 aromatic rings. The normalized spacial score (nSPS) is 12.1. The number of benzene rings is 1. The zero-order chi connectivity index (χ0) is 13.0. The summed E-state index contributed by atoms with van der Waals surface area (Å²) in [6.07, 6.45) is 0.837. The second kappa shape index (κ2) is 5.48. The highest BCUT2D eigenvalue weighted by atomic mass is 16.3. The lowest BCUT2D eigenvalue weighted by molar-refractivity contribution is 0.271. The van der Waals surface area contributed by atoms with Gasteiger partial charge in [-0.1, -0.05) is 6.92 Å². The Morgan fingerprint density at radius 3 is 2.89 bits per heavy atom. The molecule has 0 amide bonds. The molecule has 2 rings (SSSR count). The molecule has 92 valence electrons. The van der Waals surface area contributed by atoms with Crippen molar-refractivity contribution in [3.8, 4) is 6.07 Å². The average molecular weight is 241 g/mol. The van der Waals surface area contributed by atoms with E-state index in [2.05, 4.69) is 16.4 Å². The van der Waals surface area contributed by atoms with Crippen LogP contribution in [0, 0.1) is 11.3 Å². The Kier molecular flexibility index (Phi) is 3.75. The largest absolute Gasteiger partial charge is 0.394 e. The zero-order valence-corrected chi connectivity index (χ0v) is 10.2. The van der Waals surface area contributed by atoms with Crippen molar-refractivity contribution in [2.24, 2.45) is 0 Å². The van der Waals surface area contributed by atoms with Crippen LogP contribution in [0.2, 0.25) is 0 Å². The first-order valence-corrected chi connectivity index (χ1v) is 5.95. The summed E-state index contributed by atoms with van der Waals surface area (Å²) in [5, 5.41) is 22.1. The Morgan fingerprint density at radius 1 is 1.39 bits per heavy atom. The van der Waals surface area contributed by atoms with Crippen molar-refractivity contribution >= 4 is 16.7 Å². The number of hydrogen-bond donors (Lipinski definition) is 2. The van der Waals surface area contributed by atoms with E-state index in [-0.39, 0.29) is 12.6 Å². The van der Waals surface area contributed by atoms with Crippen molar-refractivity contribution in [1.82, 2.24) is 4.98 Å². The van der Waals surface area contributed by atoms with Crippen LogP contribution in [0.25, 0.3) is 10.9 Å². The van der Waals surface area contributed by atoms with Gasteiger partial charge in [-0.25, -0.2) is 4.98 Å². The molecule has 0 aliphatic heterocycles. The van der Waals surface area contributed by atoms with E-state index in [1.807, 2.05) is 31.2 Å². The second-order valence-corrected chi connectivity index (χ2v) is 4.15. The van der Waals surface area contributed by atoms with E-state index in [1.165, 1.54) is 0 Å². The van der Waals surface area contributed by atoms with E-state index in [0.717, 1.165) is 23.1 Å². The minimum atomic E-state index is 0.0216. The molecule has 0 aliphatic rings. The van der Waals surface area contributed by atoms with E-state index in [1.54, 1.807) is 6.07 Å². The molecule has 0 radical (unpaired) electrons. The number of aliphatic hydroxyl groups is 1. The highest BCUT2D eigenvalue weighted by Gasteiger charge is 2.05. The number of pyridine rings is 1. The number of fused-ring (bicyclic) bond motifs is 1. The number of nitriles is 1. The monoisotopic (exact) mass is 241 g/mol. The molecule has 0 saturated carbocycles. The van der Waals surface area contributed by atoms with Gasteiger partial charge in [0.1, 0.15) is 5.82 Å². The van der Waals surface area contributed by atoms with Crippen LogP contribution in [0.3, 0.4) is 0 Å². The maximum absolute atomic E-state index is 9.14. The van der Waals surface area contributed by atoms with Gasteiger partial charge in [0.15, 0.2) is 0 Å². The summed E-state index contributed by atoms with van der Waals surface area (Å²) in [6.45, 7) is 2.09. The first kappa shape index (κ1) is 12.3. The van der Waals surface area contributed by atoms with Gasteiger partial charge in [-0.2, -0.15) is 5.26 Å². The molecule has 4 nitrogen and oxygen atoms in total. The summed E-state index contributed by atoms with van der Waals surface area (Å²) in [5.41, 5.74) is 1.47. The Bertz CT molecular complexity index is 585. The van der Waals surface area contributed by atoms with Crippen LogP contribution in [0.1, 0.15) is 18.9 Å². The van der Waals surface area contributed by atoms with Crippen molar-refractivity contribution in [2.45, 2.75) is 19.4 Å². The van der Waals surface area contributed by atoms with Gasteiger partial charge in [0.25, 0.3) is 0 Å². The van der Waals surface area contributed by atoms with Crippen molar-refractivity contribution in [2.75, 3.05) is 11.9 Å². The fourth-order valence-electron chi connectivity index (χ4n) is 1.76. The van der Waals surface area contributed by atoms with Gasteiger partial charge in [-0.15, -0.1) is 0 Å². The van der Waals surface area contributed by atoms with Crippen LogP contribution in [0.5, 0.6) is 0 Å². The number of hydrogen-bond acceptors (Lipinski definition) is 4. The van der Waals surface area contributed by atoms with Crippen LogP contribution >= 0.6 is 0 Å². The standard InChI is InChI=1S/C14H15N3O/c1-2-12(9-18)16-14-6-4-11-7-10(8-15)3-5-13(11)17-14/h3-7,12,18H,2,9H2,1H3,(H,16,17)/t12-/m0/s1.